The molecule has 132 valence electrons. The zero-order valence-corrected chi connectivity index (χ0v) is 15.6. The van der Waals surface area contributed by atoms with Gasteiger partial charge in [-0.1, -0.05) is 41.4 Å². The van der Waals surface area contributed by atoms with Crippen LogP contribution in [0.25, 0.3) is 28.0 Å². The second-order valence-corrected chi connectivity index (χ2v) is 6.91. The molecule has 0 fully saturated rings. The lowest BCUT2D eigenvalue weighted by Gasteiger charge is -2.06. The first kappa shape index (κ1) is 17.3. The summed E-state index contributed by atoms with van der Waals surface area (Å²) < 4.78 is 1.39. The molecule has 0 unspecified atom stereocenters. The number of H-pyrrole nitrogens is 1. The van der Waals surface area contributed by atoms with E-state index in [-0.39, 0.29) is 5.56 Å². The molecule has 0 amide bonds. The van der Waals surface area contributed by atoms with Crippen LogP contribution in [0.15, 0.2) is 53.3 Å². The van der Waals surface area contributed by atoms with E-state index in [2.05, 4.69) is 16.2 Å². The van der Waals surface area contributed by atoms with Crippen LogP contribution in [0.3, 0.4) is 0 Å². The van der Waals surface area contributed by atoms with E-state index >= 15 is 0 Å². The summed E-state index contributed by atoms with van der Waals surface area (Å²) in [6.07, 6.45) is 0. The van der Waals surface area contributed by atoms with Crippen LogP contribution in [0.1, 0.15) is 11.3 Å². The Morgan fingerprint density at radius 2 is 1.85 bits per heavy atom. The minimum absolute atomic E-state index is 0.237. The van der Waals surface area contributed by atoms with E-state index < -0.39 is 0 Å². The van der Waals surface area contributed by atoms with Gasteiger partial charge in [-0.15, -0.1) is 0 Å². The summed E-state index contributed by atoms with van der Waals surface area (Å²) in [5.74, 6) is 0. The van der Waals surface area contributed by atoms with E-state index in [9.17, 15) is 4.79 Å². The van der Waals surface area contributed by atoms with E-state index in [0.717, 1.165) is 22.4 Å². The number of hydrogen-bond donors (Lipinski definition) is 1. The van der Waals surface area contributed by atoms with E-state index in [4.69, 9.17) is 28.5 Å². The standard InChI is InChI=1S/C20H12Cl2N4O/c1-11-19(15-7-6-14(21)8-16(15)22)20-24-17(9-18(27)26(20)25-11)13-4-2-12(10-23)3-5-13/h2-9,25H,1H3. The summed E-state index contributed by atoms with van der Waals surface area (Å²) in [5, 5.41) is 13.0. The Morgan fingerprint density at radius 1 is 1.11 bits per heavy atom. The van der Waals surface area contributed by atoms with Crippen molar-refractivity contribution in [1.82, 2.24) is 14.6 Å². The first-order valence-corrected chi connectivity index (χ1v) is 8.82. The fourth-order valence-electron chi connectivity index (χ4n) is 3.03. The van der Waals surface area contributed by atoms with E-state index in [1.807, 2.05) is 6.92 Å². The summed E-state index contributed by atoms with van der Waals surface area (Å²) in [7, 11) is 0. The third-order valence-corrected chi connectivity index (χ3v) is 4.85. The molecular weight excluding hydrogens is 383 g/mol. The number of nitrogens with zero attached hydrogens (tertiary/aromatic N) is 3. The Hall–Kier alpha value is -3.07. The number of halogens is 2. The molecule has 0 aliphatic carbocycles. The van der Waals surface area contributed by atoms with Gasteiger partial charge in [0.25, 0.3) is 5.56 Å². The predicted molar refractivity (Wildman–Crippen MR) is 106 cm³/mol. The van der Waals surface area contributed by atoms with Crippen molar-refractivity contribution in [3.8, 4) is 28.5 Å². The number of nitriles is 1. The zero-order chi connectivity index (χ0) is 19.1. The number of fused-ring (bicyclic) bond motifs is 1. The molecule has 2 heterocycles. The molecule has 27 heavy (non-hydrogen) atoms. The lowest BCUT2D eigenvalue weighted by molar-refractivity contribution is 0.882. The van der Waals surface area contributed by atoms with Gasteiger partial charge in [0.05, 0.1) is 22.3 Å². The molecule has 4 aromatic rings. The molecule has 0 saturated heterocycles. The van der Waals surface area contributed by atoms with Crippen molar-refractivity contribution in [2.45, 2.75) is 6.92 Å². The largest absolute Gasteiger partial charge is 0.293 e. The van der Waals surface area contributed by atoms with Gasteiger partial charge >= 0.3 is 0 Å². The Balaban J connectivity index is 1.98. The van der Waals surface area contributed by atoms with Crippen LogP contribution in [0, 0.1) is 18.3 Å². The highest BCUT2D eigenvalue weighted by Crippen LogP contribution is 2.34. The normalized spacial score (nSPS) is 10.9. The first-order chi connectivity index (χ1) is 13.0. The van der Waals surface area contributed by atoms with Crippen LogP contribution in [0.5, 0.6) is 0 Å². The maximum absolute atomic E-state index is 12.6. The van der Waals surface area contributed by atoms with Gasteiger partial charge in [0.15, 0.2) is 5.65 Å². The van der Waals surface area contributed by atoms with Crippen LogP contribution in [0.2, 0.25) is 10.0 Å². The summed E-state index contributed by atoms with van der Waals surface area (Å²) in [5.41, 5.74) is 4.30. The lowest BCUT2D eigenvalue weighted by atomic mass is 10.1. The Labute approximate surface area is 164 Å². The lowest BCUT2D eigenvalue weighted by Crippen LogP contribution is -2.14. The summed E-state index contributed by atoms with van der Waals surface area (Å²) in [4.78, 5) is 17.3. The molecule has 2 aromatic carbocycles. The van der Waals surface area contributed by atoms with Gasteiger partial charge in [-0.2, -0.15) is 5.26 Å². The van der Waals surface area contributed by atoms with Gasteiger partial charge in [0, 0.05) is 33.5 Å². The summed E-state index contributed by atoms with van der Waals surface area (Å²) in [6.45, 7) is 1.86. The van der Waals surface area contributed by atoms with E-state index in [1.165, 1.54) is 10.6 Å². The second kappa shape index (κ2) is 6.58. The van der Waals surface area contributed by atoms with Crippen LogP contribution >= 0.6 is 23.2 Å². The van der Waals surface area contributed by atoms with E-state index in [0.29, 0.717) is 26.9 Å². The molecule has 4 rings (SSSR count). The van der Waals surface area contributed by atoms with Gasteiger partial charge in [-0.25, -0.2) is 9.50 Å². The van der Waals surface area contributed by atoms with Crippen molar-refractivity contribution in [2.24, 2.45) is 0 Å². The number of aromatic nitrogens is 3. The monoisotopic (exact) mass is 394 g/mol. The summed E-state index contributed by atoms with van der Waals surface area (Å²) >= 11 is 12.4. The van der Waals surface area contributed by atoms with Gasteiger partial charge < -0.3 is 0 Å². The molecule has 0 aliphatic heterocycles. The molecule has 0 atom stereocenters. The molecule has 2 aromatic heterocycles. The van der Waals surface area contributed by atoms with Crippen molar-refractivity contribution >= 4 is 28.8 Å². The number of aryl methyl sites for hydroxylation is 1. The molecule has 0 spiro atoms. The fourth-order valence-corrected chi connectivity index (χ4v) is 3.53. The maximum Gasteiger partial charge on any atom is 0.273 e. The minimum atomic E-state index is -0.237. The number of benzene rings is 2. The predicted octanol–water partition coefficient (Wildman–Crippen LogP) is 4.84. The smallest absolute Gasteiger partial charge is 0.273 e. The van der Waals surface area contributed by atoms with Crippen molar-refractivity contribution < 1.29 is 0 Å². The molecular formula is C20H12Cl2N4O. The molecule has 1 N–H and O–H groups in total. The molecule has 0 saturated carbocycles. The van der Waals surface area contributed by atoms with Crippen LogP contribution < -0.4 is 5.56 Å². The number of nitrogens with one attached hydrogen (secondary N) is 1. The Morgan fingerprint density at radius 3 is 2.52 bits per heavy atom. The highest BCUT2D eigenvalue weighted by molar-refractivity contribution is 6.36. The van der Waals surface area contributed by atoms with Gasteiger partial charge in [0.2, 0.25) is 0 Å². The van der Waals surface area contributed by atoms with Crippen molar-refractivity contribution in [1.29, 1.82) is 5.26 Å². The summed E-state index contributed by atoms with van der Waals surface area (Å²) in [6, 6.07) is 15.7. The third kappa shape index (κ3) is 2.99. The maximum atomic E-state index is 12.6. The second-order valence-electron chi connectivity index (χ2n) is 6.06. The number of rotatable bonds is 2. The van der Waals surface area contributed by atoms with Crippen molar-refractivity contribution in [2.75, 3.05) is 0 Å². The zero-order valence-electron chi connectivity index (χ0n) is 14.1. The fraction of sp³-hybridized carbons (Fsp3) is 0.0500. The Kier molecular flexibility index (Phi) is 4.23. The van der Waals surface area contributed by atoms with Gasteiger partial charge in [-0.05, 0) is 31.2 Å². The minimum Gasteiger partial charge on any atom is -0.293 e. The molecule has 0 radical (unpaired) electrons. The number of hydrogen-bond acceptors (Lipinski definition) is 3. The van der Waals surface area contributed by atoms with Crippen LogP contribution in [0.4, 0.5) is 0 Å². The third-order valence-electron chi connectivity index (χ3n) is 4.31. The van der Waals surface area contributed by atoms with Crippen LogP contribution in [-0.4, -0.2) is 14.6 Å². The SMILES string of the molecule is Cc1[nH]n2c(=O)cc(-c3ccc(C#N)cc3)nc2c1-c1ccc(Cl)cc1Cl. The first-order valence-electron chi connectivity index (χ1n) is 8.06. The van der Waals surface area contributed by atoms with Gasteiger partial charge in [0.1, 0.15) is 0 Å². The van der Waals surface area contributed by atoms with Crippen molar-refractivity contribution in [3.63, 3.8) is 0 Å². The van der Waals surface area contributed by atoms with Crippen LogP contribution in [-0.2, 0) is 0 Å². The molecule has 5 nitrogen and oxygen atoms in total. The molecule has 0 bridgehead atoms. The average Bonchev–Trinajstić information content (AvgIpc) is 2.98. The quantitative estimate of drug-likeness (QED) is 0.528. The highest BCUT2D eigenvalue weighted by Gasteiger charge is 2.17. The Bertz CT molecular complexity index is 1280. The number of aromatic amines is 1. The topological polar surface area (TPSA) is 73.9 Å². The highest BCUT2D eigenvalue weighted by atomic mass is 35.5. The van der Waals surface area contributed by atoms with Crippen molar-refractivity contribution in [3.05, 3.63) is 80.2 Å². The van der Waals surface area contributed by atoms with E-state index in [1.54, 1.807) is 42.5 Å². The molecule has 0 aliphatic rings. The van der Waals surface area contributed by atoms with Gasteiger partial charge in [-0.3, -0.25) is 9.89 Å². The average molecular weight is 395 g/mol. The molecule has 7 heteroatoms.